The number of hydrogen-bond acceptors (Lipinski definition) is 8. The minimum absolute atomic E-state index is 0.0169. The van der Waals surface area contributed by atoms with Gasteiger partial charge in [-0.2, -0.15) is 22.8 Å². The fraction of sp³-hybridized carbons (Fsp3) is 0.348. The minimum Gasteiger partial charge on any atom is -0.338 e. The average Bonchev–Trinajstić information content (AvgIpc) is 3.54. The van der Waals surface area contributed by atoms with Gasteiger partial charge in [0.25, 0.3) is 0 Å². The minimum atomic E-state index is -4.43. The van der Waals surface area contributed by atoms with Crippen LogP contribution in [0.5, 0.6) is 0 Å². The molecule has 2 aromatic carbocycles. The lowest BCUT2D eigenvalue weighted by molar-refractivity contribution is -0.137. The van der Waals surface area contributed by atoms with Crippen LogP contribution >= 0.6 is 0 Å². The molecule has 182 valence electrons. The van der Waals surface area contributed by atoms with Crippen LogP contribution in [0.3, 0.4) is 0 Å². The summed E-state index contributed by atoms with van der Waals surface area (Å²) in [6.45, 7) is 5.61. The Labute approximate surface area is 199 Å². The molecule has 5 rings (SSSR count). The number of piperazine rings is 1. The van der Waals surface area contributed by atoms with Gasteiger partial charge in [0, 0.05) is 31.7 Å². The summed E-state index contributed by atoms with van der Waals surface area (Å²) in [5, 5.41) is 16.1. The summed E-state index contributed by atoms with van der Waals surface area (Å²) in [6.07, 6.45) is -4.43. The third-order valence-electron chi connectivity index (χ3n) is 6.10. The second-order valence-corrected chi connectivity index (χ2v) is 8.36. The summed E-state index contributed by atoms with van der Waals surface area (Å²) in [4.78, 5) is 8.79. The Hall–Kier alpha value is -3.64. The zero-order chi connectivity index (χ0) is 24.4. The summed E-state index contributed by atoms with van der Waals surface area (Å²) in [5.41, 5.74) is 0.431. The highest BCUT2D eigenvalue weighted by molar-refractivity contribution is 5.55. The molecule has 1 atom stereocenters. The topological polar surface area (TPSA) is 89.0 Å². The monoisotopic (exact) mass is 484 g/mol. The smallest absolute Gasteiger partial charge is 0.338 e. The maximum Gasteiger partial charge on any atom is 0.416 e. The van der Waals surface area contributed by atoms with Gasteiger partial charge in [0.15, 0.2) is 5.82 Å². The first-order valence-corrected chi connectivity index (χ1v) is 11.2. The van der Waals surface area contributed by atoms with Gasteiger partial charge >= 0.3 is 6.18 Å². The first-order valence-electron chi connectivity index (χ1n) is 11.2. The van der Waals surface area contributed by atoms with Crippen molar-refractivity contribution in [3.63, 3.8) is 0 Å². The Morgan fingerprint density at radius 3 is 2.51 bits per heavy atom. The zero-order valence-electron chi connectivity index (χ0n) is 18.9. The van der Waals surface area contributed by atoms with Crippen LogP contribution in [-0.4, -0.2) is 66.3 Å². The first kappa shape index (κ1) is 23.1. The van der Waals surface area contributed by atoms with Crippen molar-refractivity contribution >= 4 is 0 Å². The van der Waals surface area contributed by atoms with Crippen LogP contribution < -0.4 is 0 Å². The highest BCUT2D eigenvalue weighted by Crippen LogP contribution is 2.31. The van der Waals surface area contributed by atoms with Crippen LogP contribution in [0.1, 0.15) is 30.2 Å². The fourth-order valence-electron chi connectivity index (χ4n) is 4.14. The van der Waals surface area contributed by atoms with E-state index in [0.29, 0.717) is 12.4 Å². The van der Waals surface area contributed by atoms with Gasteiger partial charge in [-0.3, -0.25) is 9.80 Å². The number of alkyl halides is 3. The molecule has 1 unspecified atom stereocenters. The van der Waals surface area contributed by atoms with Gasteiger partial charge in [-0.15, -0.1) is 5.10 Å². The van der Waals surface area contributed by atoms with Crippen LogP contribution in [0.15, 0.2) is 59.1 Å². The third kappa shape index (κ3) is 5.08. The van der Waals surface area contributed by atoms with E-state index in [9.17, 15) is 13.2 Å². The summed E-state index contributed by atoms with van der Waals surface area (Å²) in [5.74, 6) is 1.28. The normalized spacial score (nSPS) is 16.5. The lowest BCUT2D eigenvalue weighted by Crippen LogP contribution is -2.47. The summed E-state index contributed by atoms with van der Waals surface area (Å²) in [7, 11) is 0. The van der Waals surface area contributed by atoms with Gasteiger partial charge in [0.1, 0.15) is 0 Å². The molecule has 1 fully saturated rings. The molecule has 0 spiro atoms. The first-order chi connectivity index (χ1) is 16.9. The maximum absolute atomic E-state index is 13.0. The Morgan fingerprint density at radius 2 is 1.77 bits per heavy atom. The van der Waals surface area contributed by atoms with Crippen LogP contribution in [0.4, 0.5) is 13.2 Å². The van der Waals surface area contributed by atoms with Crippen molar-refractivity contribution in [1.82, 2.24) is 40.1 Å². The number of aromatic nitrogens is 6. The van der Waals surface area contributed by atoms with Crippen LogP contribution in [-0.2, 0) is 12.7 Å². The molecule has 35 heavy (non-hydrogen) atoms. The molecule has 1 aliphatic rings. The van der Waals surface area contributed by atoms with E-state index in [1.165, 1.54) is 12.1 Å². The molecule has 2 aromatic heterocycles. The van der Waals surface area contributed by atoms with E-state index < -0.39 is 11.7 Å². The van der Waals surface area contributed by atoms with Crippen molar-refractivity contribution in [2.24, 2.45) is 0 Å². The highest BCUT2D eigenvalue weighted by Gasteiger charge is 2.31. The maximum atomic E-state index is 13.0. The van der Waals surface area contributed by atoms with Crippen molar-refractivity contribution in [2.45, 2.75) is 25.7 Å². The van der Waals surface area contributed by atoms with E-state index >= 15 is 0 Å². The summed E-state index contributed by atoms with van der Waals surface area (Å²) < 4.78 is 46.1. The Balaban J connectivity index is 1.20. The molecule has 0 N–H and O–H groups in total. The molecule has 0 saturated carbocycles. The standard InChI is InChI=1S/C23H23F3N8O/c1-16(22-28-30-31-34(22)19-8-3-2-4-9-19)33-12-10-32(11-13-33)15-20-27-21(29-35-20)17-6-5-7-18(14-17)23(24,25)26/h2-9,14,16H,10-13,15H2,1H3. The van der Waals surface area contributed by atoms with E-state index in [4.69, 9.17) is 4.52 Å². The Bertz CT molecular complexity index is 1270. The average molecular weight is 484 g/mol. The molecule has 3 heterocycles. The van der Waals surface area contributed by atoms with Crippen molar-refractivity contribution < 1.29 is 17.7 Å². The van der Waals surface area contributed by atoms with Crippen LogP contribution in [0.25, 0.3) is 17.1 Å². The molecular weight excluding hydrogens is 461 g/mol. The number of tetrazole rings is 1. The summed E-state index contributed by atoms with van der Waals surface area (Å²) in [6, 6.07) is 14.7. The second-order valence-electron chi connectivity index (χ2n) is 8.36. The molecule has 12 heteroatoms. The molecule has 9 nitrogen and oxygen atoms in total. The molecule has 1 aliphatic heterocycles. The fourth-order valence-corrected chi connectivity index (χ4v) is 4.14. The number of hydrogen-bond donors (Lipinski definition) is 0. The van der Waals surface area contributed by atoms with Crippen molar-refractivity contribution in [1.29, 1.82) is 0 Å². The van der Waals surface area contributed by atoms with E-state index in [0.717, 1.165) is 49.8 Å². The van der Waals surface area contributed by atoms with Gasteiger partial charge in [-0.25, -0.2) is 0 Å². The lowest BCUT2D eigenvalue weighted by atomic mass is 10.1. The second kappa shape index (κ2) is 9.55. The number of halogens is 3. The van der Waals surface area contributed by atoms with Gasteiger partial charge < -0.3 is 4.52 Å². The highest BCUT2D eigenvalue weighted by atomic mass is 19.4. The van der Waals surface area contributed by atoms with Gasteiger partial charge in [0.05, 0.1) is 23.8 Å². The van der Waals surface area contributed by atoms with Crippen molar-refractivity contribution in [2.75, 3.05) is 26.2 Å². The van der Waals surface area contributed by atoms with E-state index in [1.807, 2.05) is 30.3 Å². The third-order valence-corrected chi connectivity index (χ3v) is 6.10. The van der Waals surface area contributed by atoms with Crippen molar-refractivity contribution in [3.05, 3.63) is 71.9 Å². The van der Waals surface area contributed by atoms with E-state index in [2.05, 4.69) is 42.4 Å². The van der Waals surface area contributed by atoms with E-state index in [1.54, 1.807) is 4.68 Å². The number of benzene rings is 2. The quantitative estimate of drug-likeness (QED) is 0.410. The SMILES string of the molecule is CC(c1nnnn1-c1ccccc1)N1CCN(Cc2nc(-c3cccc(C(F)(F)F)c3)no2)CC1. The predicted molar refractivity (Wildman–Crippen MR) is 119 cm³/mol. The number of para-hydroxylation sites is 1. The largest absolute Gasteiger partial charge is 0.416 e. The molecular formula is C23H23F3N8O. The molecule has 0 bridgehead atoms. The van der Waals surface area contributed by atoms with Crippen LogP contribution in [0, 0.1) is 0 Å². The molecule has 1 saturated heterocycles. The van der Waals surface area contributed by atoms with Crippen molar-refractivity contribution in [3.8, 4) is 17.1 Å². The lowest BCUT2D eigenvalue weighted by Gasteiger charge is -2.36. The number of rotatable bonds is 6. The van der Waals surface area contributed by atoms with Gasteiger partial charge in [-0.05, 0) is 41.6 Å². The summed E-state index contributed by atoms with van der Waals surface area (Å²) >= 11 is 0. The van der Waals surface area contributed by atoms with Crippen LogP contribution in [0.2, 0.25) is 0 Å². The Morgan fingerprint density at radius 1 is 1.00 bits per heavy atom. The number of nitrogens with zero attached hydrogens (tertiary/aromatic N) is 8. The van der Waals surface area contributed by atoms with Gasteiger partial charge in [-0.1, -0.05) is 35.5 Å². The Kier molecular flexibility index (Phi) is 6.31. The molecule has 0 aliphatic carbocycles. The molecule has 0 amide bonds. The molecule has 0 radical (unpaired) electrons. The molecule has 4 aromatic rings. The predicted octanol–water partition coefficient (Wildman–Crippen LogP) is 3.61. The van der Waals surface area contributed by atoms with Gasteiger partial charge in [0.2, 0.25) is 11.7 Å². The zero-order valence-corrected chi connectivity index (χ0v) is 18.9. The van der Waals surface area contributed by atoms with E-state index in [-0.39, 0.29) is 17.4 Å².